The quantitative estimate of drug-likeness (QED) is 0.396. The molecule has 2 aliphatic heterocycles. The van der Waals surface area contributed by atoms with Gasteiger partial charge in [-0.25, -0.2) is 22.8 Å². The molecule has 1 aromatic heterocycles. The highest BCUT2D eigenvalue weighted by atomic mass is 19.3. The first-order chi connectivity index (χ1) is 21.9. The van der Waals surface area contributed by atoms with Gasteiger partial charge in [0.25, 0.3) is 5.92 Å². The molecule has 4 fully saturated rings. The maximum absolute atomic E-state index is 15.8. The van der Waals surface area contributed by atoms with E-state index in [-0.39, 0.29) is 37.5 Å². The molecule has 0 spiro atoms. The molecule has 6 rings (SSSR count). The highest BCUT2D eigenvalue weighted by Crippen LogP contribution is 2.44. The number of hydrogen-bond donors (Lipinski definition) is 1. The Kier molecular flexibility index (Phi) is 9.24. The Morgan fingerprint density at radius 1 is 1.13 bits per heavy atom. The van der Waals surface area contributed by atoms with E-state index in [9.17, 15) is 14.0 Å². The normalized spacial score (nSPS) is 29.0. The number of nitrogens with one attached hydrogen (secondary N) is 1. The predicted molar refractivity (Wildman–Crippen MR) is 163 cm³/mol. The van der Waals surface area contributed by atoms with Crippen molar-refractivity contribution in [2.24, 2.45) is 0 Å². The zero-order chi connectivity index (χ0) is 32.6. The molecule has 0 bridgehead atoms. The summed E-state index contributed by atoms with van der Waals surface area (Å²) in [5.74, 6) is -2.76. The fraction of sp³-hybridized carbons (Fsp3) is 0.697. The van der Waals surface area contributed by atoms with Crippen LogP contribution in [0, 0.1) is 0 Å². The molecular weight excluding hydrogens is 601 g/mol. The first-order valence-electron chi connectivity index (χ1n) is 16.6. The minimum absolute atomic E-state index is 0.0281. The van der Waals surface area contributed by atoms with E-state index >= 15 is 8.78 Å². The van der Waals surface area contributed by atoms with Crippen LogP contribution in [-0.4, -0.2) is 99.4 Å². The van der Waals surface area contributed by atoms with E-state index in [1.165, 1.54) is 9.80 Å². The van der Waals surface area contributed by atoms with E-state index in [4.69, 9.17) is 9.26 Å². The Labute approximate surface area is 268 Å². The lowest BCUT2D eigenvalue weighted by molar-refractivity contribution is -0.0941. The zero-order valence-corrected chi connectivity index (χ0v) is 26.8. The van der Waals surface area contributed by atoms with Gasteiger partial charge in [-0.2, -0.15) is 4.98 Å². The van der Waals surface area contributed by atoms with Gasteiger partial charge in [-0.3, -0.25) is 9.80 Å². The molecule has 2 aliphatic carbocycles. The van der Waals surface area contributed by atoms with Crippen LogP contribution in [0.3, 0.4) is 0 Å². The van der Waals surface area contributed by atoms with Crippen LogP contribution in [0.5, 0.6) is 0 Å². The van der Waals surface area contributed by atoms with E-state index in [2.05, 4.69) is 34.2 Å². The molecule has 5 atom stereocenters. The van der Waals surface area contributed by atoms with Gasteiger partial charge in [-0.05, 0) is 57.9 Å². The predicted octanol–water partition coefficient (Wildman–Crippen LogP) is 5.64. The van der Waals surface area contributed by atoms with Gasteiger partial charge in [-0.1, -0.05) is 42.4 Å². The van der Waals surface area contributed by atoms with Crippen molar-refractivity contribution in [3.63, 3.8) is 0 Å². The van der Waals surface area contributed by atoms with Crippen LogP contribution in [0.2, 0.25) is 0 Å². The molecule has 13 heteroatoms. The van der Waals surface area contributed by atoms with Gasteiger partial charge in [0.05, 0.1) is 12.0 Å². The van der Waals surface area contributed by atoms with Crippen LogP contribution in [0.4, 0.5) is 22.8 Å². The molecule has 3 heterocycles. The molecule has 0 radical (unpaired) electrons. The third kappa shape index (κ3) is 6.84. The Morgan fingerprint density at radius 2 is 1.85 bits per heavy atom. The number of likely N-dealkylation sites (tertiary alicyclic amines) is 2. The van der Waals surface area contributed by atoms with Crippen molar-refractivity contribution in [1.82, 2.24) is 30.2 Å². The molecule has 10 nitrogen and oxygen atoms in total. The molecule has 1 N–H and O–H groups in total. The van der Waals surface area contributed by atoms with E-state index in [1.54, 1.807) is 0 Å². The van der Waals surface area contributed by atoms with Gasteiger partial charge >= 0.3 is 12.1 Å². The lowest BCUT2D eigenvalue weighted by atomic mass is 9.79. The molecule has 46 heavy (non-hydrogen) atoms. The summed E-state index contributed by atoms with van der Waals surface area (Å²) in [6, 6.07) is 6.11. The van der Waals surface area contributed by atoms with Crippen molar-refractivity contribution in [3.8, 4) is 0 Å². The number of carbonyl (C=O) groups is 2. The Bertz CT molecular complexity index is 1370. The first kappa shape index (κ1) is 32.6. The number of benzene rings is 1. The fourth-order valence-electron chi connectivity index (χ4n) is 7.17. The van der Waals surface area contributed by atoms with E-state index in [0.29, 0.717) is 63.5 Å². The van der Waals surface area contributed by atoms with Crippen LogP contribution in [0.15, 0.2) is 34.9 Å². The summed E-state index contributed by atoms with van der Waals surface area (Å²) < 4.78 is 56.1. The summed E-state index contributed by atoms with van der Waals surface area (Å²) in [5.41, 5.74) is 0.318. The van der Waals surface area contributed by atoms with Crippen molar-refractivity contribution >= 4 is 12.1 Å². The van der Waals surface area contributed by atoms with Gasteiger partial charge in [0.15, 0.2) is 5.82 Å². The summed E-state index contributed by atoms with van der Waals surface area (Å²) in [4.78, 5) is 37.1. The number of ether oxygens (including phenoxy) is 1. The van der Waals surface area contributed by atoms with Crippen molar-refractivity contribution in [2.45, 2.75) is 120 Å². The van der Waals surface area contributed by atoms with Gasteiger partial charge in [-0.15, -0.1) is 0 Å². The van der Waals surface area contributed by atoms with Crippen LogP contribution in [0.1, 0.15) is 88.9 Å². The van der Waals surface area contributed by atoms with Crippen LogP contribution >= 0.6 is 0 Å². The summed E-state index contributed by atoms with van der Waals surface area (Å²) in [6.07, 6.45) is 0.622. The number of piperidine rings is 1. The lowest BCUT2D eigenvalue weighted by Gasteiger charge is -2.46. The summed E-state index contributed by atoms with van der Waals surface area (Å²) in [5, 5.41) is 6.78. The smallest absolute Gasteiger partial charge is 0.410 e. The van der Waals surface area contributed by atoms with Gasteiger partial charge < -0.3 is 19.5 Å². The third-order valence-corrected chi connectivity index (χ3v) is 10.4. The summed E-state index contributed by atoms with van der Waals surface area (Å²) in [6.45, 7) is 8.06. The van der Waals surface area contributed by atoms with Gasteiger partial charge in [0.1, 0.15) is 18.8 Å². The minimum atomic E-state index is -3.21. The molecule has 4 aliphatic rings. The molecule has 2 saturated carbocycles. The average Bonchev–Trinajstić information content (AvgIpc) is 3.39. The average molecular weight is 647 g/mol. The van der Waals surface area contributed by atoms with Crippen LogP contribution in [0.25, 0.3) is 0 Å². The molecule has 0 unspecified atom stereocenters. The van der Waals surface area contributed by atoms with Crippen molar-refractivity contribution < 1.29 is 32.0 Å². The third-order valence-electron chi connectivity index (χ3n) is 10.4. The molecule has 3 amide bonds. The number of hydrogen-bond acceptors (Lipinski definition) is 7. The Morgan fingerprint density at radius 3 is 2.50 bits per heavy atom. The summed E-state index contributed by atoms with van der Waals surface area (Å²) >= 11 is 0. The number of nitrogens with zero attached hydrogens (tertiary/aromatic N) is 5. The molecular formula is C33H45F3N6O4. The number of rotatable bonds is 8. The zero-order valence-electron chi connectivity index (χ0n) is 26.8. The van der Waals surface area contributed by atoms with Crippen LogP contribution < -0.4 is 5.32 Å². The number of urea groups is 1. The maximum atomic E-state index is 15.8. The Hall–Kier alpha value is -3.35. The lowest BCUT2D eigenvalue weighted by Crippen LogP contribution is -2.66. The van der Waals surface area contributed by atoms with Crippen LogP contribution in [-0.2, 0) is 16.8 Å². The number of carbonyl (C=O) groups excluding carboxylic acids is 2. The van der Waals surface area contributed by atoms with E-state index < -0.39 is 41.7 Å². The van der Waals surface area contributed by atoms with Crippen molar-refractivity contribution in [3.05, 3.63) is 47.6 Å². The molecule has 2 aromatic rings. The monoisotopic (exact) mass is 646 g/mol. The topological polar surface area (TPSA) is 104 Å². The molecule has 1 aromatic carbocycles. The van der Waals surface area contributed by atoms with E-state index in [0.717, 1.165) is 12.1 Å². The van der Waals surface area contributed by atoms with Gasteiger partial charge in [0.2, 0.25) is 5.89 Å². The second-order valence-electron chi connectivity index (χ2n) is 14.0. The number of alkyl halides is 3. The second-order valence-corrected chi connectivity index (χ2v) is 14.0. The maximum Gasteiger partial charge on any atom is 0.410 e. The van der Waals surface area contributed by atoms with Crippen molar-refractivity contribution in [1.29, 1.82) is 0 Å². The minimum Gasteiger partial charge on any atom is -0.445 e. The molecule has 252 valence electrons. The van der Waals surface area contributed by atoms with Crippen molar-refractivity contribution in [2.75, 3.05) is 26.2 Å². The molecule has 2 saturated heterocycles. The second kappa shape index (κ2) is 13.0. The number of aromatic nitrogens is 2. The number of amides is 3. The largest absolute Gasteiger partial charge is 0.445 e. The SMILES string of the molecule is CC(C)N1CC[C@H](N(C(=O)OCc2ccccc2)[C@H]2CCCC(F)(F)[C@@H]2NC(=O)N2CCC(C)(c3noc([C@@H]4C[C@@H]4F)n3)CC2)C1. The number of halogens is 3. The highest BCUT2D eigenvalue weighted by Gasteiger charge is 2.53. The highest BCUT2D eigenvalue weighted by molar-refractivity contribution is 5.75. The van der Waals surface area contributed by atoms with E-state index in [1.807, 2.05) is 37.3 Å². The van der Waals surface area contributed by atoms with Gasteiger partial charge in [0, 0.05) is 50.1 Å². The fourth-order valence-corrected chi connectivity index (χ4v) is 7.17. The Balaban J connectivity index is 1.16. The standard InChI is InChI=1S/C33H45F3N6O4/c1-21(2)41-15-11-23(19-41)42(31(44)45-20-22-8-5-4-6-9-22)26-10-7-12-33(35,36)27(26)37-30(43)40-16-13-32(3,14-17-40)29-38-28(46-39-29)24-18-25(24)34/h4-6,8-9,21,23-27H,7,10-20H2,1-3H3,(H,37,43)/t23-,24+,25-,26-,27+/m0/s1. The summed E-state index contributed by atoms with van der Waals surface area (Å²) in [7, 11) is 0. The first-order valence-corrected chi connectivity index (χ1v) is 16.6.